The first-order valence-corrected chi connectivity index (χ1v) is 10.6. The second kappa shape index (κ2) is 8.53. The molecule has 0 fully saturated rings. The van der Waals surface area contributed by atoms with Crippen molar-refractivity contribution in [3.8, 4) is 0 Å². The number of benzene rings is 1. The predicted octanol–water partition coefficient (Wildman–Crippen LogP) is 4.51. The van der Waals surface area contributed by atoms with E-state index in [0.29, 0.717) is 6.42 Å². The van der Waals surface area contributed by atoms with Crippen molar-refractivity contribution in [2.45, 2.75) is 51.1 Å². The average Bonchev–Trinajstić information content (AvgIpc) is 3.40. The number of aryl methyl sites for hydroxylation is 3. The Morgan fingerprint density at radius 3 is 2.85 bits per heavy atom. The molecular formula is C22H25N3OS. The Balaban J connectivity index is 1.46. The van der Waals surface area contributed by atoms with Crippen molar-refractivity contribution >= 4 is 17.2 Å². The van der Waals surface area contributed by atoms with E-state index in [1.165, 1.54) is 40.8 Å². The van der Waals surface area contributed by atoms with Gasteiger partial charge in [-0.25, -0.2) is 0 Å². The quantitative estimate of drug-likeness (QED) is 0.656. The first kappa shape index (κ1) is 18.0. The van der Waals surface area contributed by atoms with E-state index in [1.807, 2.05) is 16.9 Å². The number of thiophene rings is 1. The monoisotopic (exact) mass is 379 g/mol. The Labute approximate surface area is 164 Å². The molecule has 1 aromatic carbocycles. The van der Waals surface area contributed by atoms with E-state index in [-0.39, 0.29) is 11.9 Å². The van der Waals surface area contributed by atoms with Crippen LogP contribution in [-0.4, -0.2) is 15.7 Å². The minimum Gasteiger partial charge on any atom is -0.344 e. The Kier molecular flexibility index (Phi) is 5.68. The van der Waals surface area contributed by atoms with Gasteiger partial charge in [-0.05, 0) is 66.3 Å². The Morgan fingerprint density at radius 2 is 2.07 bits per heavy atom. The van der Waals surface area contributed by atoms with E-state index in [9.17, 15) is 4.79 Å². The maximum absolute atomic E-state index is 12.6. The minimum absolute atomic E-state index is 0.0607. The molecule has 0 radical (unpaired) electrons. The van der Waals surface area contributed by atoms with Gasteiger partial charge in [0.2, 0.25) is 5.91 Å². The second-order valence-electron chi connectivity index (χ2n) is 7.12. The molecule has 0 bridgehead atoms. The zero-order valence-corrected chi connectivity index (χ0v) is 16.3. The summed E-state index contributed by atoms with van der Waals surface area (Å²) >= 11 is 1.70. The van der Waals surface area contributed by atoms with Crippen molar-refractivity contribution in [3.63, 3.8) is 0 Å². The van der Waals surface area contributed by atoms with Gasteiger partial charge in [-0.3, -0.25) is 9.48 Å². The fraction of sp³-hybridized carbons (Fsp3) is 0.364. The van der Waals surface area contributed by atoms with Gasteiger partial charge in [0.1, 0.15) is 0 Å². The number of nitrogens with one attached hydrogen (secondary N) is 1. The molecule has 0 saturated carbocycles. The number of aromatic nitrogens is 2. The molecule has 2 heterocycles. The highest BCUT2D eigenvalue weighted by Crippen LogP contribution is 2.30. The van der Waals surface area contributed by atoms with Crippen molar-refractivity contribution in [1.29, 1.82) is 0 Å². The fourth-order valence-corrected chi connectivity index (χ4v) is 4.58. The van der Waals surface area contributed by atoms with Crippen molar-refractivity contribution in [3.05, 3.63) is 75.7 Å². The molecule has 27 heavy (non-hydrogen) atoms. The van der Waals surface area contributed by atoms with E-state index < -0.39 is 0 Å². The zero-order valence-electron chi connectivity index (χ0n) is 15.4. The van der Waals surface area contributed by atoms with Gasteiger partial charge in [-0.1, -0.05) is 24.3 Å². The van der Waals surface area contributed by atoms with Crippen LogP contribution in [0.3, 0.4) is 0 Å². The number of fused-ring (bicyclic) bond motifs is 1. The number of carbonyl (C=O) groups excluding carboxylic acids is 1. The standard InChI is InChI=1S/C22H25N3OS/c26-21(9-3-13-25-14-5-12-23-25)24-22(20-8-4-15-27-20)19-11-10-17-6-1-2-7-18(17)16-19/h4-5,8,10-12,14-16,22H,1-3,6-7,9,13H2,(H,24,26). The Morgan fingerprint density at radius 1 is 1.19 bits per heavy atom. The van der Waals surface area contributed by atoms with Crippen LogP contribution < -0.4 is 5.32 Å². The van der Waals surface area contributed by atoms with Crippen LogP contribution in [0.1, 0.15) is 53.3 Å². The lowest BCUT2D eigenvalue weighted by Gasteiger charge is -2.22. The summed E-state index contributed by atoms with van der Waals surface area (Å²) in [6.07, 6.45) is 9.87. The summed E-state index contributed by atoms with van der Waals surface area (Å²) in [5, 5.41) is 9.53. The summed E-state index contributed by atoms with van der Waals surface area (Å²) in [6.45, 7) is 0.767. The molecule has 3 aromatic rings. The molecule has 1 aliphatic carbocycles. The smallest absolute Gasteiger partial charge is 0.220 e. The number of hydrogen-bond acceptors (Lipinski definition) is 3. The summed E-state index contributed by atoms with van der Waals surface area (Å²) in [5.41, 5.74) is 4.12. The van der Waals surface area contributed by atoms with Crippen LogP contribution in [0.4, 0.5) is 0 Å². The van der Waals surface area contributed by atoms with Gasteiger partial charge >= 0.3 is 0 Å². The van der Waals surface area contributed by atoms with Crippen LogP contribution in [0.2, 0.25) is 0 Å². The largest absolute Gasteiger partial charge is 0.344 e. The molecule has 4 rings (SSSR count). The molecule has 1 unspecified atom stereocenters. The number of rotatable bonds is 7. The lowest BCUT2D eigenvalue weighted by atomic mass is 9.89. The minimum atomic E-state index is -0.0607. The van der Waals surface area contributed by atoms with Crippen molar-refractivity contribution < 1.29 is 4.79 Å². The molecule has 1 N–H and O–H groups in total. The summed E-state index contributed by atoms with van der Waals surface area (Å²) in [7, 11) is 0. The number of nitrogens with zero attached hydrogens (tertiary/aromatic N) is 2. The molecule has 140 valence electrons. The molecule has 1 aliphatic rings. The SMILES string of the molecule is O=C(CCCn1cccn1)NC(c1ccc2c(c1)CCCC2)c1cccs1. The summed E-state index contributed by atoms with van der Waals surface area (Å²) in [5.74, 6) is 0.0956. The van der Waals surface area contributed by atoms with E-state index in [4.69, 9.17) is 0 Å². The van der Waals surface area contributed by atoms with Gasteiger partial charge in [0.25, 0.3) is 0 Å². The van der Waals surface area contributed by atoms with Crippen LogP contribution in [0.15, 0.2) is 54.2 Å². The summed E-state index contributed by atoms with van der Waals surface area (Å²) in [6, 6.07) is 12.8. The van der Waals surface area contributed by atoms with E-state index in [1.54, 1.807) is 17.5 Å². The van der Waals surface area contributed by atoms with Crippen molar-refractivity contribution in [1.82, 2.24) is 15.1 Å². The van der Waals surface area contributed by atoms with Crippen molar-refractivity contribution in [2.75, 3.05) is 0 Å². The Bertz CT molecular complexity index is 871. The molecule has 1 amide bonds. The third kappa shape index (κ3) is 4.48. The first-order valence-electron chi connectivity index (χ1n) is 9.71. The number of carbonyl (C=O) groups is 1. The van der Waals surface area contributed by atoms with Gasteiger partial charge in [0.15, 0.2) is 0 Å². The molecule has 0 spiro atoms. The summed E-state index contributed by atoms with van der Waals surface area (Å²) < 4.78 is 1.87. The van der Waals surface area contributed by atoms with Gasteiger partial charge in [0, 0.05) is 30.2 Å². The van der Waals surface area contributed by atoms with Crippen LogP contribution in [0, 0.1) is 0 Å². The van der Waals surface area contributed by atoms with Crippen LogP contribution in [0.25, 0.3) is 0 Å². The predicted molar refractivity (Wildman–Crippen MR) is 109 cm³/mol. The molecular weight excluding hydrogens is 354 g/mol. The van der Waals surface area contributed by atoms with Crippen LogP contribution in [0.5, 0.6) is 0 Å². The maximum atomic E-state index is 12.6. The molecule has 5 heteroatoms. The van der Waals surface area contributed by atoms with Crippen LogP contribution >= 0.6 is 11.3 Å². The lowest BCUT2D eigenvalue weighted by Crippen LogP contribution is -2.29. The normalized spacial score (nSPS) is 14.5. The van der Waals surface area contributed by atoms with Gasteiger partial charge < -0.3 is 5.32 Å². The van der Waals surface area contributed by atoms with E-state index in [2.05, 4.69) is 46.1 Å². The average molecular weight is 380 g/mol. The van der Waals surface area contributed by atoms with Crippen molar-refractivity contribution in [2.24, 2.45) is 0 Å². The maximum Gasteiger partial charge on any atom is 0.220 e. The lowest BCUT2D eigenvalue weighted by molar-refractivity contribution is -0.121. The van der Waals surface area contributed by atoms with Gasteiger partial charge in [0.05, 0.1) is 6.04 Å². The first-order chi connectivity index (χ1) is 13.3. The highest BCUT2D eigenvalue weighted by molar-refractivity contribution is 7.10. The highest BCUT2D eigenvalue weighted by Gasteiger charge is 2.20. The third-order valence-electron chi connectivity index (χ3n) is 5.19. The number of hydrogen-bond donors (Lipinski definition) is 1. The molecule has 4 nitrogen and oxygen atoms in total. The fourth-order valence-electron chi connectivity index (χ4n) is 3.77. The van der Waals surface area contributed by atoms with Gasteiger partial charge in [-0.2, -0.15) is 5.10 Å². The number of amides is 1. The topological polar surface area (TPSA) is 46.9 Å². The van der Waals surface area contributed by atoms with Crippen LogP contribution in [-0.2, 0) is 24.2 Å². The second-order valence-corrected chi connectivity index (χ2v) is 8.10. The molecule has 2 aromatic heterocycles. The van der Waals surface area contributed by atoms with E-state index in [0.717, 1.165) is 19.4 Å². The molecule has 0 aliphatic heterocycles. The Hall–Kier alpha value is -2.40. The molecule has 1 atom stereocenters. The van der Waals surface area contributed by atoms with E-state index >= 15 is 0 Å². The third-order valence-corrected chi connectivity index (χ3v) is 6.13. The molecule has 0 saturated heterocycles. The van der Waals surface area contributed by atoms with Gasteiger partial charge in [-0.15, -0.1) is 11.3 Å². The summed E-state index contributed by atoms with van der Waals surface area (Å²) in [4.78, 5) is 13.8. The zero-order chi connectivity index (χ0) is 18.5. The highest BCUT2D eigenvalue weighted by atomic mass is 32.1.